The number of H-pyrrole nitrogens is 2. The van der Waals surface area contributed by atoms with Gasteiger partial charge in [0.25, 0.3) is 5.91 Å². The van der Waals surface area contributed by atoms with E-state index in [1.807, 2.05) is 19.1 Å². The Kier molecular flexibility index (Phi) is 9.23. The molecule has 0 radical (unpaired) electrons. The molecular weight excluding hydrogens is 542 g/mol. The van der Waals surface area contributed by atoms with E-state index in [2.05, 4.69) is 41.9 Å². The Morgan fingerprint density at radius 1 is 0.977 bits per heavy atom. The zero-order valence-electron chi connectivity index (χ0n) is 25.3. The largest absolute Gasteiger partial charge is 0.465 e. The van der Waals surface area contributed by atoms with E-state index in [9.17, 15) is 9.59 Å². The Morgan fingerprint density at radius 2 is 1.63 bits per heavy atom. The van der Waals surface area contributed by atoms with Crippen LogP contribution in [0.2, 0.25) is 0 Å². The quantitative estimate of drug-likeness (QED) is 0.336. The minimum atomic E-state index is -0.0835. The van der Waals surface area contributed by atoms with Crippen LogP contribution in [0.25, 0.3) is 0 Å². The number of imidazole rings is 2. The number of nitrogens with zero attached hydrogens (tertiary/aromatic N) is 5. The Bertz CT molecular complexity index is 1270. The number of hydrogen-bond acceptors (Lipinski definition) is 7. The molecule has 1 aromatic carbocycles. The molecule has 2 aromatic heterocycles. The Balaban J connectivity index is 1.06. The van der Waals surface area contributed by atoms with Crippen molar-refractivity contribution in [1.82, 2.24) is 34.6 Å². The zero-order chi connectivity index (χ0) is 29.6. The topological polar surface area (TPSA) is 110 Å². The van der Waals surface area contributed by atoms with Crippen LogP contribution in [0.3, 0.4) is 0 Å². The van der Waals surface area contributed by atoms with Gasteiger partial charge < -0.3 is 19.6 Å². The molecule has 43 heavy (non-hydrogen) atoms. The monoisotopic (exact) mass is 587 g/mol. The maximum Gasteiger partial charge on any atom is 0.323 e. The lowest BCUT2D eigenvalue weighted by atomic mass is 9.76. The molecule has 1 saturated carbocycles. The summed E-state index contributed by atoms with van der Waals surface area (Å²) in [7, 11) is 0. The smallest absolute Gasteiger partial charge is 0.323 e. The first kappa shape index (κ1) is 29.6. The number of aromatic nitrogens is 4. The van der Waals surface area contributed by atoms with Crippen molar-refractivity contribution in [1.29, 1.82) is 0 Å². The molecule has 1 aliphatic carbocycles. The van der Waals surface area contributed by atoms with Crippen molar-refractivity contribution in [2.24, 2.45) is 5.41 Å². The molecule has 2 aliphatic heterocycles. The molecule has 3 fully saturated rings. The van der Waals surface area contributed by atoms with Crippen LogP contribution in [0.15, 0.2) is 49.1 Å². The molecule has 10 heteroatoms. The van der Waals surface area contributed by atoms with Crippen molar-refractivity contribution >= 4 is 11.9 Å². The minimum Gasteiger partial charge on any atom is -0.465 e. The number of likely N-dealkylation sites (tertiary alicyclic amines) is 2. The van der Waals surface area contributed by atoms with Crippen LogP contribution in [0.5, 0.6) is 0 Å². The SMILES string of the molecule is CCOC(=O)C1CC2(CCN(Cc3ccc(C(=O)N(Cc4ncc[nH]4)Cc4ncc[nH]4)cc3)CC2)CN1C1CCCCC1. The van der Waals surface area contributed by atoms with Gasteiger partial charge in [-0.25, -0.2) is 9.97 Å². The van der Waals surface area contributed by atoms with Crippen LogP contribution in [0.4, 0.5) is 0 Å². The number of carbonyl (C=O) groups excluding carboxylic acids is 2. The number of nitrogens with one attached hydrogen (secondary N) is 2. The number of esters is 1. The molecule has 2 saturated heterocycles. The highest BCUT2D eigenvalue weighted by molar-refractivity contribution is 5.94. The molecule has 3 aliphatic rings. The van der Waals surface area contributed by atoms with Gasteiger partial charge in [0.1, 0.15) is 17.7 Å². The van der Waals surface area contributed by atoms with Gasteiger partial charge in [-0.15, -0.1) is 0 Å². The fourth-order valence-corrected chi connectivity index (χ4v) is 7.41. The van der Waals surface area contributed by atoms with E-state index in [0.29, 0.717) is 31.3 Å². The molecule has 230 valence electrons. The number of amides is 1. The van der Waals surface area contributed by atoms with Gasteiger partial charge in [0, 0.05) is 49.5 Å². The van der Waals surface area contributed by atoms with Crippen molar-refractivity contribution < 1.29 is 14.3 Å². The van der Waals surface area contributed by atoms with Crippen molar-refractivity contribution in [2.75, 3.05) is 26.2 Å². The summed E-state index contributed by atoms with van der Waals surface area (Å²) in [5.41, 5.74) is 2.06. The number of aromatic amines is 2. The molecule has 6 rings (SSSR count). The summed E-state index contributed by atoms with van der Waals surface area (Å²) < 4.78 is 5.55. The lowest BCUT2D eigenvalue weighted by molar-refractivity contribution is -0.149. The van der Waals surface area contributed by atoms with Crippen LogP contribution in [-0.4, -0.2) is 84.8 Å². The maximum absolute atomic E-state index is 13.5. The third kappa shape index (κ3) is 7.02. The van der Waals surface area contributed by atoms with Gasteiger partial charge in [-0.3, -0.25) is 19.4 Å². The third-order valence-corrected chi connectivity index (χ3v) is 9.75. The average Bonchev–Trinajstić information content (AvgIpc) is 3.82. The molecule has 1 spiro atoms. The summed E-state index contributed by atoms with van der Waals surface area (Å²) in [6, 6.07) is 8.46. The first-order chi connectivity index (χ1) is 21.0. The standard InChI is InChI=1S/C33H45N7O3/c1-2-43-32(42)28-20-33(24-40(28)27-6-4-3-5-7-27)12-18-38(19-13-33)21-25-8-10-26(11-9-25)31(41)39(22-29-34-14-15-35-29)23-30-36-16-17-37-30/h8-11,14-17,27-28H,2-7,12-13,18-24H2,1H3,(H,34,35)(H,36,37). The summed E-state index contributed by atoms with van der Waals surface area (Å²) in [6.45, 7) is 7.04. The van der Waals surface area contributed by atoms with Crippen LogP contribution < -0.4 is 0 Å². The van der Waals surface area contributed by atoms with E-state index in [-0.39, 0.29) is 23.3 Å². The van der Waals surface area contributed by atoms with E-state index in [1.165, 1.54) is 37.7 Å². The molecule has 1 unspecified atom stereocenters. The summed E-state index contributed by atoms with van der Waals surface area (Å²) in [6.07, 6.45) is 16.3. The molecule has 1 atom stereocenters. The highest BCUT2D eigenvalue weighted by Gasteiger charge is 2.50. The van der Waals surface area contributed by atoms with Gasteiger partial charge in [-0.1, -0.05) is 31.4 Å². The van der Waals surface area contributed by atoms with E-state index < -0.39 is 0 Å². The summed E-state index contributed by atoms with van der Waals surface area (Å²) in [5.74, 6) is 1.39. The number of rotatable bonds is 10. The van der Waals surface area contributed by atoms with Gasteiger partial charge in [0.05, 0.1) is 19.7 Å². The molecule has 10 nitrogen and oxygen atoms in total. The van der Waals surface area contributed by atoms with Gasteiger partial charge in [-0.05, 0) is 75.2 Å². The number of benzene rings is 1. The highest BCUT2D eigenvalue weighted by Crippen LogP contribution is 2.46. The van der Waals surface area contributed by atoms with Gasteiger partial charge in [0.15, 0.2) is 0 Å². The van der Waals surface area contributed by atoms with Crippen LogP contribution in [0, 0.1) is 5.41 Å². The Labute approximate surface area is 254 Å². The summed E-state index contributed by atoms with van der Waals surface area (Å²) in [4.78, 5) is 48.1. The maximum atomic E-state index is 13.5. The molecule has 2 N–H and O–H groups in total. The van der Waals surface area contributed by atoms with Gasteiger partial charge in [0.2, 0.25) is 0 Å². The normalized spacial score (nSPS) is 21.3. The average molecular weight is 588 g/mol. The second-order valence-electron chi connectivity index (χ2n) is 12.6. The number of ether oxygens (including phenoxy) is 1. The molecule has 4 heterocycles. The minimum absolute atomic E-state index is 0.0195. The van der Waals surface area contributed by atoms with Crippen molar-refractivity contribution in [3.63, 3.8) is 0 Å². The lowest BCUT2D eigenvalue weighted by Crippen LogP contribution is -2.45. The summed E-state index contributed by atoms with van der Waals surface area (Å²) in [5, 5.41) is 0. The lowest BCUT2D eigenvalue weighted by Gasteiger charge is -2.40. The van der Waals surface area contributed by atoms with Crippen LogP contribution >= 0.6 is 0 Å². The number of hydrogen-bond donors (Lipinski definition) is 2. The predicted octanol–water partition coefficient (Wildman–Crippen LogP) is 4.53. The Morgan fingerprint density at radius 3 is 2.21 bits per heavy atom. The van der Waals surface area contributed by atoms with Crippen molar-refractivity contribution in [2.45, 2.75) is 90.0 Å². The van der Waals surface area contributed by atoms with Gasteiger partial charge >= 0.3 is 5.97 Å². The Hall–Kier alpha value is -3.50. The van der Waals surface area contributed by atoms with Crippen molar-refractivity contribution in [3.8, 4) is 0 Å². The molecule has 0 bridgehead atoms. The second-order valence-corrected chi connectivity index (χ2v) is 12.6. The number of piperidine rings is 1. The molecule has 3 aromatic rings. The molecular formula is C33H45N7O3. The van der Waals surface area contributed by atoms with Crippen LogP contribution in [-0.2, 0) is 29.2 Å². The number of carbonyl (C=O) groups is 2. The second kappa shape index (κ2) is 13.4. The van der Waals surface area contributed by atoms with Crippen molar-refractivity contribution in [3.05, 3.63) is 71.8 Å². The van der Waals surface area contributed by atoms with E-state index in [4.69, 9.17) is 4.74 Å². The highest BCUT2D eigenvalue weighted by atomic mass is 16.5. The third-order valence-electron chi connectivity index (χ3n) is 9.75. The zero-order valence-corrected chi connectivity index (χ0v) is 25.3. The van der Waals surface area contributed by atoms with E-state index in [0.717, 1.165) is 57.1 Å². The van der Waals surface area contributed by atoms with E-state index in [1.54, 1.807) is 29.7 Å². The fraction of sp³-hybridized carbons (Fsp3) is 0.576. The fourth-order valence-electron chi connectivity index (χ4n) is 7.41. The van der Waals surface area contributed by atoms with Gasteiger partial charge in [-0.2, -0.15) is 0 Å². The first-order valence-electron chi connectivity index (χ1n) is 16.0. The summed E-state index contributed by atoms with van der Waals surface area (Å²) >= 11 is 0. The predicted molar refractivity (Wildman–Crippen MR) is 163 cm³/mol. The van der Waals surface area contributed by atoms with Crippen LogP contribution in [0.1, 0.15) is 85.9 Å². The molecule has 1 amide bonds. The first-order valence-corrected chi connectivity index (χ1v) is 16.0. The van der Waals surface area contributed by atoms with E-state index >= 15 is 0 Å².